The van der Waals surface area contributed by atoms with E-state index < -0.39 is 8.32 Å². The summed E-state index contributed by atoms with van der Waals surface area (Å²) in [5, 5.41) is 3.38. The Balaban J connectivity index is 0. The lowest BCUT2D eigenvalue weighted by Crippen LogP contribution is -2.28. The van der Waals surface area contributed by atoms with E-state index in [2.05, 4.69) is 18.4 Å². The molecule has 4 heteroatoms. The van der Waals surface area contributed by atoms with Crippen LogP contribution in [0.15, 0.2) is 24.3 Å². The highest BCUT2D eigenvalue weighted by molar-refractivity contribution is 6.71. The predicted octanol–water partition coefficient (Wildman–Crippen LogP) is 4.19. The van der Waals surface area contributed by atoms with Crippen LogP contribution in [0.4, 0.5) is 11.4 Å². The molecule has 0 atom stereocenters. The van der Waals surface area contributed by atoms with Crippen LogP contribution in [0.2, 0.25) is 19.1 Å². The Morgan fingerprint density at radius 1 is 1.17 bits per heavy atom. The van der Waals surface area contributed by atoms with Gasteiger partial charge in [-0.05, 0) is 49.8 Å². The van der Waals surface area contributed by atoms with Crippen LogP contribution >= 0.6 is 0 Å². The molecule has 0 radical (unpaired) electrons. The zero-order valence-electron chi connectivity index (χ0n) is 10.4. The minimum Gasteiger partial charge on any atom is -0.420 e. The summed E-state index contributed by atoms with van der Waals surface area (Å²) in [6.07, 6.45) is 1.15. The van der Waals surface area contributed by atoms with E-state index in [0.29, 0.717) is 0 Å². The third-order valence-electron chi connectivity index (χ3n) is 2.75. The van der Waals surface area contributed by atoms with Gasteiger partial charge in [0.15, 0.2) is 8.32 Å². The number of nitrogens with one attached hydrogen (secondary N) is 1. The van der Waals surface area contributed by atoms with Crippen molar-refractivity contribution in [1.82, 2.24) is 0 Å². The fourth-order valence-electron chi connectivity index (χ4n) is 1.45. The first-order chi connectivity index (χ1) is 7.53. The first kappa shape index (κ1) is 19.3. The van der Waals surface area contributed by atoms with E-state index in [1.165, 1.54) is 6.04 Å². The lowest BCUT2D eigenvalue weighted by atomic mass is 10.3. The van der Waals surface area contributed by atoms with Crippen molar-refractivity contribution in [2.24, 2.45) is 0 Å². The molecule has 0 spiro atoms. The second kappa shape index (κ2) is 9.00. The van der Waals surface area contributed by atoms with Crippen LogP contribution in [0.5, 0.6) is 0 Å². The van der Waals surface area contributed by atoms with E-state index in [-0.39, 0.29) is 14.9 Å². The monoisotopic (exact) mass is 270 g/mol. The third-order valence-corrected chi connectivity index (χ3v) is 5.41. The number of hydrogen-bond donors (Lipinski definition) is 2. The van der Waals surface area contributed by atoms with Gasteiger partial charge < -0.3 is 15.5 Å². The van der Waals surface area contributed by atoms with Crippen molar-refractivity contribution in [1.29, 1.82) is 0 Å². The Bertz CT molecular complexity index is 312. The summed E-state index contributed by atoms with van der Waals surface area (Å²) in [5.74, 6) is 0. The highest BCUT2D eigenvalue weighted by Gasteiger charge is 2.19. The van der Waals surface area contributed by atoms with Crippen molar-refractivity contribution in [2.75, 3.05) is 24.7 Å². The van der Waals surface area contributed by atoms with Gasteiger partial charge in [-0.2, -0.15) is 0 Å². The SMILES string of the molecule is C.C.CO[Si](C)(C)CCCNc1ccc(N)cc1. The molecule has 1 aromatic carbocycles. The fourth-order valence-corrected chi connectivity index (χ4v) is 2.68. The zero-order chi connectivity index (χ0) is 12.0. The molecule has 0 bridgehead atoms. The van der Waals surface area contributed by atoms with Gasteiger partial charge in [0.2, 0.25) is 0 Å². The van der Waals surface area contributed by atoms with Crippen molar-refractivity contribution < 1.29 is 4.43 Å². The number of rotatable bonds is 6. The van der Waals surface area contributed by atoms with E-state index in [1.807, 2.05) is 31.4 Å². The molecule has 0 saturated heterocycles. The minimum absolute atomic E-state index is 0. The van der Waals surface area contributed by atoms with Gasteiger partial charge in [-0.25, -0.2) is 0 Å². The molecule has 0 aromatic heterocycles. The molecule has 0 aliphatic rings. The Hall–Kier alpha value is -1.00. The number of hydrogen-bond acceptors (Lipinski definition) is 3. The van der Waals surface area contributed by atoms with E-state index in [1.54, 1.807) is 0 Å². The maximum atomic E-state index is 5.62. The molecule has 0 amide bonds. The second-order valence-electron chi connectivity index (χ2n) is 4.62. The molecule has 3 nitrogen and oxygen atoms in total. The van der Waals surface area contributed by atoms with Crippen LogP contribution in [-0.4, -0.2) is 22.0 Å². The molecule has 18 heavy (non-hydrogen) atoms. The molecule has 0 heterocycles. The van der Waals surface area contributed by atoms with Gasteiger partial charge in [0.1, 0.15) is 0 Å². The Morgan fingerprint density at radius 3 is 2.22 bits per heavy atom. The molecule has 0 aliphatic heterocycles. The molecule has 1 aromatic rings. The lowest BCUT2D eigenvalue weighted by molar-refractivity contribution is 0.402. The molecule has 0 saturated carbocycles. The largest absolute Gasteiger partial charge is 0.420 e. The quantitative estimate of drug-likeness (QED) is 0.463. The van der Waals surface area contributed by atoms with Crippen LogP contribution in [-0.2, 0) is 4.43 Å². The number of benzene rings is 1. The summed E-state index contributed by atoms with van der Waals surface area (Å²) in [6.45, 7) is 5.48. The molecule has 1 rings (SSSR count). The summed E-state index contributed by atoms with van der Waals surface area (Å²) < 4.78 is 5.50. The van der Waals surface area contributed by atoms with E-state index >= 15 is 0 Å². The maximum absolute atomic E-state index is 5.62. The Labute approximate surface area is 114 Å². The zero-order valence-corrected chi connectivity index (χ0v) is 11.4. The van der Waals surface area contributed by atoms with Crippen molar-refractivity contribution in [3.05, 3.63) is 24.3 Å². The average Bonchev–Trinajstić information content (AvgIpc) is 2.27. The molecular formula is C14H30N2OSi. The van der Waals surface area contributed by atoms with Gasteiger partial charge in [-0.1, -0.05) is 14.9 Å². The van der Waals surface area contributed by atoms with Crippen LogP contribution in [0.3, 0.4) is 0 Å². The van der Waals surface area contributed by atoms with Crippen molar-refractivity contribution in [2.45, 2.75) is 40.4 Å². The number of nitrogens with two attached hydrogens (primary N) is 1. The van der Waals surface area contributed by atoms with Gasteiger partial charge >= 0.3 is 0 Å². The molecule has 106 valence electrons. The summed E-state index contributed by atoms with van der Waals surface area (Å²) in [4.78, 5) is 0. The minimum atomic E-state index is -1.38. The van der Waals surface area contributed by atoms with Crippen LogP contribution < -0.4 is 11.1 Å². The standard InChI is InChI=1S/C12H22N2OSi.2CH4/c1-15-16(2,3)10-4-9-14-12-7-5-11(13)6-8-12;;/h5-8,14H,4,9-10,13H2,1-3H3;2*1H4. The highest BCUT2D eigenvalue weighted by Crippen LogP contribution is 2.14. The number of anilines is 2. The van der Waals surface area contributed by atoms with E-state index in [0.717, 1.165) is 24.3 Å². The van der Waals surface area contributed by atoms with Crippen molar-refractivity contribution >= 4 is 19.7 Å². The molecule has 0 fully saturated rings. The average molecular weight is 270 g/mol. The maximum Gasteiger partial charge on any atom is 0.186 e. The molecular weight excluding hydrogens is 240 g/mol. The van der Waals surface area contributed by atoms with Crippen molar-refractivity contribution in [3.63, 3.8) is 0 Å². The number of nitrogen functional groups attached to an aromatic ring is 1. The Kier molecular flexibility index (Phi) is 9.67. The van der Waals surface area contributed by atoms with Crippen LogP contribution in [0.1, 0.15) is 21.3 Å². The first-order valence-electron chi connectivity index (χ1n) is 5.68. The summed E-state index contributed by atoms with van der Waals surface area (Å²) >= 11 is 0. The van der Waals surface area contributed by atoms with E-state index in [4.69, 9.17) is 10.2 Å². The summed E-state index contributed by atoms with van der Waals surface area (Å²) in [6, 6.07) is 9.03. The van der Waals surface area contributed by atoms with Crippen molar-refractivity contribution in [3.8, 4) is 0 Å². The summed E-state index contributed by atoms with van der Waals surface area (Å²) in [7, 11) is 0.435. The van der Waals surface area contributed by atoms with Crippen LogP contribution in [0, 0.1) is 0 Å². The smallest absolute Gasteiger partial charge is 0.186 e. The predicted molar refractivity (Wildman–Crippen MR) is 86.7 cm³/mol. The summed E-state index contributed by atoms with van der Waals surface area (Å²) in [5.41, 5.74) is 7.55. The molecule has 0 unspecified atom stereocenters. The van der Waals surface area contributed by atoms with Crippen LogP contribution in [0.25, 0.3) is 0 Å². The Morgan fingerprint density at radius 2 is 1.72 bits per heavy atom. The van der Waals surface area contributed by atoms with Gasteiger partial charge in [-0.15, -0.1) is 0 Å². The molecule has 0 aliphatic carbocycles. The molecule has 3 N–H and O–H groups in total. The van der Waals surface area contributed by atoms with Gasteiger partial charge in [0, 0.05) is 25.0 Å². The van der Waals surface area contributed by atoms with Gasteiger partial charge in [0.05, 0.1) is 0 Å². The van der Waals surface area contributed by atoms with Gasteiger partial charge in [-0.3, -0.25) is 0 Å². The second-order valence-corrected chi connectivity index (χ2v) is 9.04. The third kappa shape index (κ3) is 7.35. The fraction of sp³-hybridized carbons (Fsp3) is 0.571. The van der Waals surface area contributed by atoms with Gasteiger partial charge in [0.25, 0.3) is 0 Å². The van der Waals surface area contributed by atoms with E-state index in [9.17, 15) is 0 Å². The lowest BCUT2D eigenvalue weighted by Gasteiger charge is -2.19. The topological polar surface area (TPSA) is 47.3 Å². The normalized spacial score (nSPS) is 10.2. The first-order valence-corrected chi connectivity index (χ1v) is 8.79. The highest BCUT2D eigenvalue weighted by atomic mass is 28.4.